The molecule has 266 valence electrons. The summed E-state index contributed by atoms with van der Waals surface area (Å²) in [5, 5.41) is 6.92. The number of hydrogen-bond acceptors (Lipinski definition) is 5. The second-order valence-electron chi connectivity index (χ2n) is 14.4. The Balaban J connectivity index is 1.01. The van der Waals surface area contributed by atoms with Crippen LogP contribution in [0.4, 0.5) is 0 Å². The smallest absolute Gasteiger partial charge is 0.164 e. The van der Waals surface area contributed by atoms with Crippen LogP contribution in [-0.4, -0.2) is 19.5 Å². The number of thiophene rings is 1. The molecular formula is C51H30N4OS. The minimum absolute atomic E-state index is 0.593. The molecule has 0 N–H and O–H groups in total. The SMILES string of the molecule is c1ccc(-c2ccc3c(c2)sc2cccc(-c4nc(-c5ccccc5)nc(-c5ccc6c(c5)oc5ccc(-n7c8ccccc8c8ccccc87)cc56)n4)c23)cc1. The molecule has 57 heavy (non-hydrogen) atoms. The summed E-state index contributed by atoms with van der Waals surface area (Å²) in [5.74, 6) is 1.85. The van der Waals surface area contributed by atoms with Crippen LogP contribution in [0.15, 0.2) is 186 Å². The Morgan fingerprint density at radius 3 is 1.81 bits per heavy atom. The number of para-hydroxylation sites is 2. The van der Waals surface area contributed by atoms with Crippen molar-refractivity contribution in [2.45, 2.75) is 0 Å². The topological polar surface area (TPSA) is 56.7 Å². The lowest BCUT2D eigenvalue weighted by Crippen LogP contribution is -2.00. The number of nitrogens with zero attached hydrogens (tertiary/aromatic N) is 4. The summed E-state index contributed by atoms with van der Waals surface area (Å²) in [4.78, 5) is 15.4. The van der Waals surface area contributed by atoms with Gasteiger partial charge < -0.3 is 8.98 Å². The van der Waals surface area contributed by atoms with Gasteiger partial charge in [0.1, 0.15) is 11.2 Å². The van der Waals surface area contributed by atoms with Crippen LogP contribution in [0.1, 0.15) is 0 Å². The third-order valence-corrected chi connectivity index (χ3v) is 12.2. The molecule has 8 aromatic carbocycles. The summed E-state index contributed by atoms with van der Waals surface area (Å²) in [5.41, 5.74) is 10.2. The Morgan fingerprint density at radius 2 is 1.04 bits per heavy atom. The van der Waals surface area contributed by atoms with Crippen molar-refractivity contribution >= 4 is 75.3 Å². The maximum Gasteiger partial charge on any atom is 0.164 e. The van der Waals surface area contributed by atoms with E-state index in [-0.39, 0.29) is 0 Å². The Kier molecular flexibility index (Phi) is 7.03. The molecule has 0 aliphatic heterocycles. The molecular weight excluding hydrogens is 717 g/mol. The molecule has 0 radical (unpaired) electrons. The van der Waals surface area contributed by atoms with E-state index < -0.39 is 0 Å². The van der Waals surface area contributed by atoms with Gasteiger partial charge in [-0.25, -0.2) is 15.0 Å². The van der Waals surface area contributed by atoms with Gasteiger partial charge in [0.2, 0.25) is 0 Å². The minimum Gasteiger partial charge on any atom is -0.456 e. The molecule has 4 heterocycles. The van der Waals surface area contributed by atoms with Crippen LogP contribution >= 0.6 is 11.3 Å². The molecule has 0 saturated carbocycles. The lowest BCUT2D eigenvalue weighted by atomic mass is 10.0. The Morgan fingerprint density at radius 1 is 0.386 bits per heavy atom. The van der Waals surface area contributed by atoms with Gasteiger partial charge >= 0.3 is 0 Å². The van der Waals surface area contributed by atoms with E-state index in [1.807, 2.05) is 30.3 Å². The highest BCUT2D eigenvalue weighted by Gasteiger charge is 2.19. The van der Waals surface area contributed by atoms with Gasteiger partial charge in [0, 0.05) is 64.1 Å². The second-order valence-corrected chi connectivity index (χ2v) is 15.5. The number of benzene rings is 8. The molecule has 0 fully saturated rings. The molecule has 4 aromatic heterocycles. The van der Waals surface area contributed by atoms with Crippen LogP contribution in [0.25, 0.3) is 115 Å². The van der Waals surface area contributed by atoms with E-state index in [2.05, 4.69) is 156 Å². The van der Waals surface area contributed by atoms with Crippen molar-refractivity contribution in [1.29, 1.82) is 0 Å². The molecule has 0 atom stereocenters. The number of hydrogen-bond donors (Lipinski definition) is 0. The largest absolute Gasteiger partial charge is 0.456 e. The lowest BCUT2D eigenvalue weighted by molar-refractivity contribution is 0.669. The summed E-state index contributed by atoms with van der Waals surface area (Å²) >= 11 is 1.80. The minimum atomic E-state index is 0.593. The van der Waals surface area contributed by atoms with Crippen LogP contribution in [0.3, 0.4) is 0 Å². The van der Waals surface area contributed by atoms with Crippen molar-refractivity contribution < 1.29 is 4.42 Å². The second kappa shape index (κ2) is 12.6. The summed E-state index contributed by atoms with van der Waals surface area (Å²) in [7, 11) is 0. The van der Waals surface area contributed by atoms with Crippen molar-refractivity contribution in [2.24, 2.45) is 0 Å². The molecule has 0 aliphatic carbocycles. The van der Waals surface area contributed by atoms with Gasteiger partial charge in [-0.2, -0.15) is 0 Å². The summed E-state index contributed by atoms with van der Waals surface area (Å²) in [6.07, 6.45) is 0. The standard InChI is InChI=1S/C51H30N4OS/c1-3-12-31(13-4-1)33-22-26-39-47(29-33)57-46-21-11-18-40(48(39)46)51-53-49(32-14-5-2-6-15-32)52-50(54-51)34-23-25-38-41-30-35(24-27-44(41)56-45(38)28-34)55-42-19-9-7-16-36(42)37-17-8-10-20-43(37)55/h1-30H. The van der Waals surface area contributed by atoms with E-state index in [9.17, 15) is 0 Å². The number of rotatable bonds is 5. The monoisotopic (exact) mass is 746 g/mol. The average molecular weight is 747 g/mol. The van der Waals surface area contributed by atoms with Gasteiger partial charge in [0.05, 0.1) is 11.0 Å². The van der Waals surface area contributed by atoms with E-state index >= 15 is 0 Å². The molecule has 0 unspecified atom stereocenters. The van der Waals surface area contributed by atoms with Crippen LogP contribution < -0.4 is 0 Å². The molecule has 5 nitrogen and oxygen atoms in total. The highest BCUT2D eigenvalue weighted by molar-refractivity contribution is 7.26. The van der Waals surface area contributed by atoms with Crippen molar-refractivity contribution in [2.75, 3.05) is 0 Å². The van der Waals surface area contributed by atoms with Crippen LogP contribution in [0.5, 0.6) is 0 Å². The molecule has 0 bridgehead atoms. The van der Waals surface area contributed by atoms with Gasteiger partial charge in [-0.05, 0) is 65.7 Å². The van der Waals surface area contributed by atoms with Crippen LogP contribution in [-0.2, 0) is 0 Å². The van der Waals surface area contributed by atoms with E-state index in [1.54, 1.807) is 11.3 Å². The van der Waals surface area contributed by atoms with Gasteiger partial charge in [0.15, 0.2) is 17.5 Å². The number of fused-ring (bicyclic) bond motifs is 9. The maximum atomic E-state index is 6.55. The normalized spacial score (nSPS) is 11.9. The fraction of sp³-hybridized carbons (Fsp3) is 0. The summed E-state index contributed by atoms with van der Waals surface area (Å²) in [6, 6.07) is 63.8. The average Bonchev–Trinajstić information content (AvgIpc) is 3.95. The fourth-order valence-corrected chi connectivity index (χ4v) is 9.58. The van der Waals surface area contributed by atoms with Gasteiger partial charge in [-0.1, -0.05) is 127 Å². The third-order valence-electron chi connectivity index (χ3n) is 11.1. The summed E-state index contributed by atoms with van der Waals surface area (Å²) < 4.78 is 11.3. The molecule has 12 aromatic rings. The first-order valence-corrected chi connectivity index (χ1v) is 19.8. The molecule has 0 saturated heterocycles. The zero-order chi connectivity index (χ0) is 37.5. The van der Waals surface area contributed by atoms with Gasteiger partial charge in [-0.15, -0.1) is 11.3 Å². The van der Waals surface area contributed by atoms with Crippen molar-refractivity contribution in [3.05, 3.63) is 182 Å². The molecule has 6 heteroatoms. The van der Waals surface area contributed by atoms with E-state index in [0.717, 1.165) is 49.7 Å². The van der Waals surface area contributed by atoms with Crippen molar-refractivity contribution in [3.63, 3.8) is 0 Å². The van der Waals surface area contributed by atoms with Gasteiger partial charge in [-0.3, -0.25) is 0 Å². The zero-order valence-corrected chi connectivity index (χ0v) is 31.2. The molecule has 12 rings (SSSR count). The van der Waals surface area contributed by atoms with Crippen LogP contribution in [0.2, 0.25) is 0 Å². The Hall–Kier alpha value is -7.41. The first-order chi connectivity index (χ1) is 28.2. The van der Waals surface area contributed by atoms with E-state index in [0.29, 0.717) is 17.5 Å². The molecule has 0 spiro atoms. The maximum absolute atomic E-state index is 6.55. The predicted octanol–water partition coefficient (Wildman–Crippen LogP) is 13.9. The quantitative estimate of drug-likeness (QED) is 0.176. The summed E-state index contributed by atoms with van der Waals surface area (Å²) in [6.45, 7) is 0. The van der Waals surface area contributed by atoms with E-state index in [1.165, 1.54) is 47.7 Å². The Labute approximate surface area is 330 Å². The third kappa shape index (κ3) is 5.12. The van der Waals surface area contributed by atoms with E-state index in [4.69, 9.17) is 19.4 Å². The van der Waals surface area contributed by atoms with Crippen molar-refractivity contribution in [1.82, 2.24) is 19.5 Å². The first-order valence-electron chi connectivity index (χ1n) is 19.0. The first kappa shape index (κ1) is 31.9. The predicted molar refractivity (Wildman–Crippen MR) is 236 cm³/mol. The molecule has 0 aliphatic rings. The fourth-order valence-electron chi connectivity index (χ4n) is 8.41. The number of furan rings is 1. The zero-order valence-electron chi connectivity index (χ0n) is 30.4. The van der Waals surface area contributed by atoms with Gasteiger partial charge in [0.25, 0.3) is 0 Å². The van der Waals surface area contributed by atoms with Crippen molar-refractivity contribution in [3.8, 4) is 51.0 Å². The molecule has 0 amide bonds. The Bertz CT molecular complexity index is 3470. The van der Waals surface area contributed by atoms with Crippen LogP contribution in [0, 0.1) is 0 Å². The highest BCUT2D eigenvalue weighted by atomic mass is 32.1. The highest BCUT2D eigenvalue weighted by Crippen LogP contribution is 2.42. The number of aromatic nitrogens is 4. The lowest BCUT2D eigenvalue weighted by Gasteiger charge is -2.10.